The Hall–Kier alpha value is -3.50. The zero-order valence-corrected chi connectivity index (χ0v) is 22.5. The number of nitrogens with one attached hydrogen (secondary N) is 1. The predicted molar refractivity (Wildman–Crippen MR) is 149 cm³/mol. The first-order valence-electron chi connectivity index (χ1n) is 14.4. The molecule has 4 saturated heterocycles. The van der Waals surface area contributed by atoms with Crippen molar-refractivity contribution in [3.05, 3.63) is 48.2 Å². The van der Waals surface area contributed by atoms with Gasteiger partial charge in [0.25, 0.3) is 0 Å². The number of fused-ring (bicyclic) bond motifs is 5. The van der Waals surface area contributed by atoms with Gasteiger partial charge in [0.15, 0.2) is 23.0 Å². The number of aromatic nitrogens is 1. The molecule has 4 atom stereocenters. The van der Waals surface area contributed by atoms with Crippen LogP contribution in [0.5, 0.6) is 11.6 Å². The Labute approximate surface area is 234 Å². The van der Waals surface area contributed by atoms with E-state index in [1.807, 2.05) is 0 Å². The number of halogens is 3. The molecular formula is C31H31F3N4O3. The van der Waals surface area contributed by atoms with Crippen LogP contribution in [0.1, 0.15) is 32.1 Å². The van der Waals surface area contributed by atoms with Gasteiger partial charge in [-0.2, -0.15) is 4.98 Å². The molecule has 10 heteroatoms. The molecular weight excluding hydrogens is 533 g/mol. The van der Waals surface area contributed by atoms with Crippen molar-refractivity contribution >= 4 is 27.6 Å². The van der Waals surface area contributed by atoms with Crippen molar-refractivity contribution in [1.82, 2.24) is 15.2 Å². The molecule has 8 rings (SSSR count). The number of phenolic OH excluding ortho intramolecular Hbond substituents is 1. The third-order valence-electron chi connectivity index (χ3n) is 9.56. The highest BCUT2D eigenvalue weighted by molar-refractivity contribution is 6.07. The molecule has 2 bridgehead atoms. The van der Waals surface area contributed by atoms with E-state index in [1.54, 1.807) is 6.07 Å². The second-order valence-electron chi connectivity index (χ2n) is 12.2. The summed E-state index contributed by atoms with van der Waals surface area (Å²) in [4.78, 5) is 9.32. The van der Waals surface area contributed by atoms with Crippen molar-refractivity contribution in [2.75, 3.05) is 37.7 Å². The lowest BCUT2D eigenvalue weighted by molar-refractivity contribution is 0.111. The molecule has 4 aliphatic heterocycles. The number of benzene rings is 2. The van der Waals surface area contributed by atoms with Crippen LogP contribution in [0.3, 0.4) is 0 Å². The second-order valence-corrected chi connectivity index (χ2v) is 12.2. The Balaban J connectivity index is 1.26. The number of hydrogen-bond acceptors (Lipinski definition) is 7. The van der Waals surface area contributed by atoms with Gasteiger partial charge in [-0.3, -0.25) is 4.90 Å². The molecule has 0 amide bonds. The molecule has 0 spiro atoms. The fourth-order valence-corrected chi connectivity index (χ4v) is 7.71. The molecule has 0 saturated carbocycles. The Morgan fingerprint density at radius 1 is 1.10 bits per heavy atom. The van der Waals surface area contributed by atoms with Gasteiger partial charge >= 0.3 is 0 Å². The molecule has 4 fully saturated rings. The quantitative estimate of drug-likeness (QED) is 0.330. The second kappa shape index (κ2) is 9.25. The zero-order valence-electron chi connectivity index (χ0n) is 22.5. The van der Waals surface area contributed by atoms with Crippen LogP contribution in [0.25, 0.3) is 32.9 Å². The van der Waals surface area contributed by atoms with Crippen molar-refractivity contribution < 1.29 is 27.4 Å². The van der Waals surface area contributed by atoms with E-state index in [1.165, 1.54) is 24.5 Å². The lowest BCUT2D eigenvalue weighted by Gasteiger charge is -2.34. The molecule has 214 valence electrons. The SMILES string of the molecule is Oc1cc(-c2coc3c(N4CC5CCC(C4)N5)nc(OC[C@@]45CCCN4C[C@H](F)C5)cc23)c2c(F)c(F)ccc2c1. The molecule has 41 heavy (non-hydrogen) atoms. The standard InChI is InChI=1S/C31H31F3N4O3/c32-18-11-31(6-1-7-38(31)12-18)16-41-26-10-23-24(22-9-21(39)8-17-2-5-25(33)28(34)27(17)22)15-40-29(23)30(36-26)37-13-19-3-4-20(14-37)35-19/h2,5,8-10,15,18-20,35,39H,1,3-4,6-7,11-14,16H2/t18-,19?,20?,31+/m1/s1. The summed E-state index contributed by atoms with van der Waals surface area (Å²) in [5.41, 5.74) is 0.997. The predicted octanol–water partition coefficient (Wildman–Crippen LogP) is 5.53. The molecule has 2 unspecified atom stereocenters. The lowest BCUT2D eigenvalue weighted by Crippen LogP contribution is -2.51. The fraction of sp³-hybridized carbons (Fsp3) is 0.452. The number of aromatic hydroxyl groups is 1. The first-order chi connectivity index (χ1) is 19.9. The maximum absolute atomic E-state index is 15.2. The van der Waals surface area contributed by atoms with E-state index in [0.29, 0.717) is 70.8 Å². The number of furan rings is 1. The summed E-state index contributed by atoms with van der Waals surface area (Å²) in [6.07, 6.45) is 5.16. The minimum Gasteiger partial charge on any atom is -0.508 e. The van der Waals surface area contributed by atoms with Gasteiger partial charge in [0.2, 0.25) is 5.88 Å². The van der Waals surface area contributed by atoms with Crippen molar-refractivity contribution in [2.24, 2.45) is 0 Å². The van der Waals surface area contributed by atoms with Crippen LogP contribution in [-0.4, -0.2) is 71.6 Å². The number of pyridine rings is 1. The molecule has 0 radical (unpaired) electrons. The van der Waals surface area contributed by atoms with Crippen LogP contribution in [0.2, 0.25) is 0 Å². The van der Waals surface area contributed by atoms with E-state index in [-0.39, 0.29) is 16.7 Å². The molecule has 0 aliphatic carbocycles. The first-order valence-corrected chi connectivity index (χ1v) is 14.4. The molecule has 6 heterocycles. The Morgan fingerprint density at radius 3 is 2.76 bits per heavy atom. The van der Waals surface area contributed by atoms with Crippen molar-refractivity contribution in [3.63, 3.8) is 0 Å². The minimum atomic E-state index is -0.987. The summed E-state index contributed by atoms with van der Waals surface area (Å²) in [5, 5.41) is 15.2. The van der Waals surface area contributed by atoms with E-state index >= 15 is 4.39 Å². The zero-order chi connectivity index (χ0) is 27.9. The summed E-state index contributed by atoms with van der Waals surface area (Å²) in [5.74, 6) is -1.02. The Bertz CT molecular complexity index is 1670. The minimum absolute atomic E-state index is 0.0620. The van der Waals surface area contributed by atoms with Crippen LogP contribution in [0.15, 0.2) is 41.0 Å². The summed E-state index contributed by atoms with van der Waals surface area (Å²) in [7, 11) is 0. The normalized spacial score (nSPS) is 27.8. The smallest absolute Gasteiger partial charge is 0.216 e. The third-order valence-corrected chi connectivity index (χ3v) is 9.56. The molecule has 2 N–H and O–H groups in total. The van der Waals surface area contributed by atoms with Gasteiger partial charge in [0, 0.05) is 66.1 Å². The average Bonchev–Trinajstić information content (AvgIpc) is 3.70. The lowest BCUT2D eigenvalue weighted by atomic mass is 9.95. The number of ether oxygens (including phenoxy) is 1. The molecule has 7 nitrogen and oxygen atoms in total. The summed E-state index contributed by atoms with van der Waals surface area (Å²) < 4.78 is 56.5. The van der Waals surface area contributed by atoms with E-state index < -0.39 is 17.8 Å². The molecule has 2 aromatic carbocycles. The Kier molecular flexibility index (Phi) is 5.69. The maximum Gasteiger partial charge on any atom is 0.216 e. The third kappa shape index (κ3) is 4.06. The highest BCUT2D eigenvalue weighted by atomic mass is 19.2. The summed E-state index contributed by atoms with van der Waals surface area (Å²) >= 11 is 0. The van der Waals surface area contributed by atoms with Gasteiger partial charge < -0.3 is 24.5 Å². The van der Waals surface area contributed by atoms with E-state index in [2.05, 4.69) is 15.1 Å². The van der Waals surface area contributed by atoms with Crippen molar-refractivity contribution in [2.45, 2.75) is 55.9 Å². The van der Waals surface area contributed by atoms with Gasteiger partial charge in [-0.05, 0) is 55.8 Å². The first kappa shape index (κ1) is 25.2. The van der Waals surface area contributed by atoms with E-state index in [4.69, 9.17) is 14.1 Å². The highest BCUT2D eigenvalue weighted by Gasteiger charge is 2.49. The van der Waals surface area contributed by atoms with Crippen molar-refractivity contribution in [3.8, 4) is 22.8 Å². The van der Waals surface area contributed by atoms with E-state index in [9.17, 15) is 13.9 Å². The molecule has 4 aliphatic rings. The number of phenols is 1. The van der Waals surface area contributed by atoms with Crippen LogP contribution >= 0.6 is 0 Å². The van der Waals surface area contributed by atoms with Crippen LogP contribution in [0, 0.1) is 11.6 Å². The number of anilines is 1. The largest absolute Gasteiger partial charge is 0.508 e. The maximum atomic E-state index is 15.2. The molecule has 4 aromatic rings. The van der Waals surface area contributed by atoms with E-state index in [0.717, 1.165) is 51.4 Å². The number of piperazine rings is 1. The number of alkyl halides is 1. The number of rotatable bonds is 5. The van der Waals surface area contributed by atoms with Gasteiger partial charge in [-0.15, -0.1) is 0 Å². The van der Waals surface area contributed by atoms with Gasteiger partial charge in [-0.25, -0.2) is 13.2 Å². The summed E-state index contributed by atoms with van der Waals surface area (Å²) in [6.45, 7) is 3.13. The highest BCUT2D eigenvalue weighted by Crippen LogP contribution is 2.44. The monoisotopic (exact) mass is 564 g/mol. The van der Waals surface area contributed by atoms with Crippen LogP contribution in [-0.2, 0) is 0 Å². The number of hydrogen-bond donors (Lipinski definition) is 2. The van der Waals surface area contributed by atoms with Crippen LogP contribution in [0.4, 0.5) is 19.0 Å². The topological polar surface area (TPSA) is 74.0 Å². The van der Waals surface area contributed by atoms with Crippen molar-refractivity contribution in [1.29, 1.82) is 0 Å². The average molecular weight is 565 g/mol. The van der Waals surface area contributed by atoms with Gasteiger partial charge in [0.1, 0.15) is 18.5 Å². The van der Waals surface area contributed by atoms with Crippen LogP contribution < -0.4 is 15.0 Å². The van der Waals surface area contributed by atoms with Gasteiger partial charge in [-0.1, -0.05) is 6.07 Å². The summed E-state index contributed by atoms with van der Waals surface area (Å²) in [6, 6.07) is 7.80. The number of nitrogens with zero attached hydrogens (tertiary/aromatic N) is 3. The Morgan fingerprint density at radius 2 is 1.93 bits per heavy atom. The fourth-order valence-electron chi connectivity index (χ4n) is 7.71. The molecule has 2 aromatic heterocycles. The van der Waals surface area contributed by atoms with Gasteiger partial charge in [0.05, 0.1) is 11.8 Å².